The standard InChI is InChI=1S/C10H14F2N4O7/c1-3(18)22-8-5(7(20)6(19)4(2-17)23-8)14-9(21)10(11,12)15-16-13/h4-8,17,19-20H,2H2,1H3,(H,14,21)/t4?,5-,6-,7?,8?/m1/s1. The molecule has 130 valence electrons. The molecule has 23 heavy (non-hydrogen) atoms. The van der Waals surface area contributed by atoms with E-state index >= 15 is 0 Å². The third kappa shape index (κ3) is 4.46. The number of nitrogens with zero attached hydrogens (tertiary/aromatic N) is 3. The van der Waals surface area contributed by atoms with Crippen molar-refractivity contribution in [1.82, 2.24) is 5.32 Å². The highest BCUT2D eigenvalue weighted by Crippen LogP contribution is 2.24. The fourth-order valence-corrected chi connectivity index (χ4v) is 1.84. The van der Waals surface area contributed by atoms with Crippen molar-refractivity contribution in [1.29, 1.82) is 0 Å². The van der Waals surface area contributed by atoms with Crippen LogP contribution in [0.25, 0.3) is 10.4 Å². The van der Waals surface area contributed by atoms with E-state index in [1.54, 1.807) is 10.2 Å². The number of aliphatic hydroxyl groups excluding tert-OH is 3. The Morgan fingerprint density at radius 2 is 2.04 bits per heavy atom. The molecule has 1 saturated heterocycles. The van der Waals surface area contributed by atoms with Crippen molar-refractivity contribution in [2.45, 2.75) is 43.6 Å². The third-order valence-electron chi connectivity index (χ3n) is 2.90. The molecule has 0 aliphatic carbocycles. The smallest absolute Gasteiger partial charge is 0.401 e. The monoisotopic (exact) mass is 340 g/mol. The van der Waals surface area contributed by atoms with E-state index in [2.05, 4.69) is 4.74 Å². The van der Waals surface area contributed by atoms with Gasteiger partial charge in [0, 0.05) is 11.8 Å². The minimum atomic E-state index is -4.48. The summed E-state index contributed by atoms with van der Waals surface area (Å²) >= 11 is 0. The Labute approximate surface area is 127 Å². The first-order valence-electron chi connectivity index (χ1n) is 6.18. The van der Waals surface area contributed by atoms with Gasteiger partial charge in [-0.15, -0.1) is 0 Å². The van der Waals surface area contributed by atoms with Gasteiger partial charge in [-0.2, -0.15) is 8.78 Å². The largest absolute Gasteiger partial charge is 0.434 e. The summed E-state index contributed by atoms with van der Waals surface area (Å²) in [6.07, 6.45) is -6.80. The molecule has 0 spiro atoms. The number of nitrogens with one attached hydrogen (secondary N) is 1. The van der Waals surface area contributed by atoms with E-state index in [4.69, 9.17) is 15.4 Å². The summed E-state index contributed by atoms with van der Waals surface area (Å²) in [6, 6.07) is -6.27. The molecule has 0 aromatic rings. The SMILES string of the molecule is CC(=O)OC1OC(CO)[C@@H](O)C(O)[C@H]1NC(=O)C(F)(F)N=[N+]=[N-]. The molecular formula is C10H14F2N4O7. The number of ether oxygens (including phenoxy) is 2. The Bertz CT molecular complexity index is 513. The summed E-state index contributed by atoms with van der Waals surface area (Å²) in [4.78, 5) is 24.2. The molecule has 1 fully saturated rings. The van der Waals surface area contributed by atoms with Crippen LogP contribution in [-0.4, -0.2) is 70.5 Å². The van der Waals surface area contributed by atoms with Crippen molar-refractivity contribution in [3.8, 4) is 0 Å². The van der Waals surface area contributed by atoms with Crippen LogP contribution >= 0.6 is 0 Å². The number of carbonyl (C=O) groups is 2. The number of azide groups is 1. The van der Waals surface area contributed by atoms with E-state index in [0.29, 0.717) is 0 Å². The van der Waals surface area contributed by atoms with Crippen LogP contribution in [0.4, 0.5) is 8.78 Å². The number of aliphatic hydroxyl groups is 3. The topological polar surface area (TPSA) is 174 Å². The lowest BCUT2D eigenvalue weighted by Crippen LogP contribution is -2.66. The van der Waals surface area contributed by atoms with Gasteiger partial charge >= 0.3 is 12.0 Å². The van der Waals surface area contributed by atoms with Gasteiger partial charge in [-0.1, -0.05) is 0 Å². The second kappa shape index (κ2) is 7.48. The van der Waals surface area contributed by atoms with Crippen LogP contribution in [0.5, 0.6) is 0 Å². The highest BCUT2D eigenvalue weighted by molar-refractivity contribution is 5.83. The molecule has 11 nitrogen and oxygen atoms in total. The molecule has 1 aliphatic rings. The van der Waals surface area contributed by atoms with Crippen LogP contribution in [-0.2, 0) is 19.1 Å². The van der Waals surface area contributed by atoms with Crippen LogP contribution < -0.4 is 5.32 Å². The van der Waals surface area contributed by atoms with Gasteiger partial charge in [-0.05, 0) is 10.6 Å². The van der Waals surface area contributed by atoms with Crippen LogP contribution in [0.3, 0.4) is 0 Å². The van der Waals surface area contributed by atoms with Crippen molar-refractivity contribution < 1.29 is 43.2 Å². The zero-order valence-electron chi connectivity index (χ0n) is 11.7. The maximum absolute atomic E-state index is 13.2. The molecular weight excluding hydrogens is 326 g/mol. The quantitative estimate of drug-likeness (QED) is 0.153. The van der Waals surface area contributed by atoms with Crippen LogP contribution in [0, 0.1) is 0 Å². The van der Waals surface area contributed by atoms with Gasteiger partial charge in [0.25, 0.3) is 5.91 Å². The highest BCUT2D eigenvalue weighted by Gasteiger charge is 2.49. The van der Waals surface area contributed by atoms with Crippen molar-refractivity contribution in [3.05, 3.63) is 10.4 Å². The number of esters is 1. The summed E-state index contributed by atoms with van der Waals surface area (Å²) in [6.45, 7) is 0.174. The number of rotatable bonds is 5. The van der Waals surface area contributed by atoms with Gasteiger partial charge in [0.15, 0.2) is 0 Å². The number of hydrogen-bond acceptors (Lipinski definition) is 8. The van der Waals surface area contributed by atoms with Gasteiger partial charge < -0.3 is 30.1 Å². The van der Waals surface area contributed by atoms with E-state index in [9.17, 15) is 28.6 Å². The predicted molar refractivity (Wildman–Crippen MR) is 65.6 cm³/mol. The van der Waals surface area contributed by atoms with Crippen molar-refractivity contribution in [3.63, 3.8) is 0 Å². The lowest BCUT2D eigenvalue weighted by Gasteiger charge is -2.41. The van der Waals surface area contributed by atoms with E-state index in [1.165, 1.54) is 0 Å². The Morgan fingerprint density at radius 1 is 1.43 bits per heavy atom. The number of hydrogen-bond donors (Lipinski definition) is 4. The molecule has 1 rings (SSSR count). The van der Waals surface area contributed by atoms with Gasteiger partial charge in [-0.3, -0.25) is 9.59 Å². The molecule has 13 heteroatoms. The molecule has 0 aromatic carbocycles. The lowest BCUT2D eigenvalue weighted by molar-refractivity contribution is -0.263. The Hall–Kier alpha value is -2.05. The van der Waals surface area contributed by atoms with Gasteiger partial charge in [0.2, 0.25) is 6.29 Å². The molecule has 1 heterocycles. The minimum Gasteiger partial charge on any atom is -0.434 e. The van der Waals surface area contributed by atoms with Crippen LogP contribution in [0.2, 0.25) is 0 Å². The second-order valence-corrected chi connectivity index (χ2v) is 4.55. The third-order valence-corrected chi connectivity index (χ3v) is 2.90. The first-order valence-corrected chi connectivity index (χ1v) is 6.18. The molecule has 0 saturated carbocycles. The normalized spacial score (nSPS) is 31.0. The second-order valence-electron chi connectivity index (χ2n) is 4.55. The average molecular weight is 340 g/mol. The van der Waals surface area contributed by atoms with Crippen LogP contribution in [0.1, 0.15) is 6.92 Å². The minimum absolute atomic E-state index is 0.772. The maximum atomic E-state index is 13.2. The molecule has 4 N–H and O–H groups in total. The fraction of sp³-hybridized carbons (Fsp3) is 0.800. The van der Waals surface area contributed by atoms with Gasteiger partial charge in [-0.25, -0.2) is 0 Å². The van der Waals surface area contributed by atoms with Crippen molar-refractivity contribution in [2.24, 2.45) is 5.11 Å². The van der Waals surface area contributed by atoms with Gasteiger partial charge in [0.05, 0.1) is 6.61 Å². The van der Waals surface area contributed by atoms with Crippen LogP contribution in [0.15, 0.2) is 5.11 Å². The molecule has 3 unspecified atom stereocenters. The zero-order valence-corrected chi connectivity index (χ0v) is 11.7. The summed E-state index contributed by atoms with van der Waals surface area (Å²) in [5.41, 5.74) is 7.98. The molecule has 5 atom stereocenters. The molecule has 1 amide bonds. The molecule has 0 radical (unpaired) electrons. The highest BCUT2D eigenvalue weighted by atomic mass is 19.3. The Kier molecular flexibility index (Phi) is 6.18. The lowest BCUT2D eigenvalue weighted by atomic mass is 9.97. The van der Waals surface area contributed by atoms with E-state index in [1.807, 2.05) is 5.11 Å². The molecule has 1 aliphatic heterocycles. The number of amides is 1. The molecule has 0 bridgehead atoms. The van der Waals surface area contributed by atoms with E-state index in [0.717, 1.165) is 6.92 Å². The average Bonchev–Trinajstić information content (AvgIpc) is 2.45. The summed E-state index contributed by atoms with van der Waals surface area (Å²) in [5, 5.41) is 32.1. The Balaban J connectivity index is 3.00. The number of halogens is 2. The van der Waals surface area contributed by atoms with Crippen molar-refractivity contribution in [2.75, 3.05) is 6.61 Å². The van der Waals surface area contributed by atoms with Gasteiger partial charge in [0.1, 0.15) is 24.4 Å². The summed E-state index contributed by atoms with van der Waals surface area (Å²) in [7, 11) is 0. The maximum Gasteiger partial charge on any atom is 0.401 e. The first-order chi connectivity index (χ1) is 10.6. The summed E-state index contributed by atoms with van der Waals surface area (Å²) in [5.74, 6) is -3.04. The van der Waals surface area contributed by atoms with Crippen molar-refractivity contribution >= 4 is 11.9 Å². The predicted octanol–water partition coefficient (Wildman–Crippen LogP) is -1.62. The first kappa shape index (κ1) is 19.0. The molecule has 0 aromatic heterocycles. The number of alkyl halides is 2. The van der Waals surface area contributed by atoms with E-state index in [-0.39, 0.29) is 0 Å². The Morgan fingerprint density at radius 3 is 2.52 bits per heavy atom. The zero-order chi connectivity index (χ0) is 17.8. The summed E-state index contributed by atoms with van der Waals surface area (Å²) < 4.78 is 35.9. The van der Waals surface area contributed by atoms with E-state index < -0.39 is 55.2 Å². The fourth-order valence-electron chi connectivity index (χ4n) is 1.84. The number of carbonyl (C=O) groups excluding carboxylic acids is 2.